The van der Waals surface area contributed by atoms with Crippen LogP contribution in [0.2, 0.25) is 0 Å². The molecule has 0 fully saturated rings. The zero-order chi connectivity index (χ0) is 49.4. The first-order chi connectivity index (χ1) is 32.4. The molecular formula is C57H112N2O7P+. The lowest BCUT2D eigenvalue weighted by atomic mass is 10.0. The Kier molecular flexibility index (Phi) is 47.0. The topological polar surface area (TPSA) is 111 Å². The normalized spacial score (nSPS) is 14.0. The van der Waals surface area contributed by atoms with Crippen molar-refractivity contribution in [2.24, 2.45) is 0 Å². The number of phosphoric acid groups is 1. The van der Waals surface area contributed by atoms with Crippen LogP contribution < -0.4 is 5.32 Å². The number of quaternary nitrogens is 1. The summed E-state index contributed by atoms with van der Waals surface area (Å²) in [4.78, 5) is 37.5. The molecule has 10 heteroatoms. The van der Waals surface area contributed by atoms with Gasteiger partial charge in [-0.15, -0.1) is 0 Å². The Labute approximate surface area is 415 Å². The van der Waals surface area contributed by atoms with Crippen LogP contribution in [0.5, 0.6) is 0 Å². The van der Waals surface area contributed by atoms with Gasteiger partial charge in [0, 0.05) is 12.8 Å². The largest absolute Gasteiger partial charge is 0.472 e. The van der Waals surface area contributed by atoms with Crippen molar-refractivity contribution in [3.05, 3.63) is 24.3 Å². The van der Waals surface area contributed by atoms with E-state index in [1.54, 1.807) is 0 Å². The van der Waals surface area contributed by atoms with Crippen molar-refractivity contribution in [3.63, 3.8) is 0 Å². The highest BCUT2D eigenvalue weighted by atomic mass is 31.2. The van der Waals surface area contributed by atoms with E-state index in [1.807, 2.05) is 33.3 Å². The molecule has 0 aliphatic heterocycles. The summed E-state index contributed by atoms with van der Waals surface area (Å²) < 4.78 is 30.6. The molecule has 0 radical (unpaired) electrons. The summed E-state index contributed by atoms with van der Waals surface area (Å²) in [6.07, 6.45) is 54.5. The number of hydrogen-bond acceptors (Lipinski definition) is 6. The van der Waals surface area contributed by atoms with Crippen LogP contribution in [0.15, 0.2) is 24.3 Å². The van der Waals surface area contributed by atoms with Crippen LogP contribution in [0.4, 0.5) is 0 Å². The molecular weight excluding hydrogens is 856 g/mol. The maximum absolute atomic E-state index is 13.5. The van der Waals surface area contributed by atoms with Crippen LogP contribution in [0, 0.1) is 0 Å². The monoisotopic (exact) mass is 968 g/mol. The average Bonchev–Trinajstić information content (AvgIpc) is 3.28. The van der Waals surface area contributed by atoms with Gasteiger partial charge in [-0.05, 0) is 57.4 Å². The third kappa shape index (κ3) is 49.3. The second-order valence-corrected chi connectivity index (χ2v) is 22.3. The van der Waals surface area contributed by atoms with E-state index in [9.17, 15) is 19.0 Å². The van der Waals surface area contributed by atoms with E-state index in [2.05, 4.69) is 38.2 Å². The molecule has 0 bridgehead atoms. The number of esters is 1. The van der Waals surface area contributed by atoms with Crippen LogP contribution in [-0.4, -0.2) is 74.3 Å². The predicted octanol–water partition coefficient (Wildman–Crippen LogP) is 17.0. The summed E-state index contributed by atoms with van der Waals surface area (Å²) in [6.45, 7) is 7.01. The Morgan fingerprint density at radius 2 is 0.866 bits per heavy atom. The van der Waals surface area contributed by atoms with Crippen LogP contribution in [-0.2, 0) is 27.9 Å². The van der Waals surface area contributed by atoms with Crippen molar-refractivity contribution >= 4 is 19.7 Å². The molecule has 3 unspecified atom stereocenters. The molecule has 0 aromatic carbocycles. The van der Waals surface area contributed by atoms with Gasteiger partial charge in [-0.3, -0.25) is 18.6 Å². The number of rotatable bonds is 52. The minimum absolute atomic E-state index is 0.0425. The minimum atomic E-state index is -4.44. The van der Waals surface area contributed by atoms with E-state index < -0.39 is 20.0 Å². The highest BCUT2D eigenvalue weighted by molar-refractivity contribution is 7.47. The number of unbranched alkanes of at least 4 members (excludes halogenated alkanes) is 34. The molecule has 0 spiro atoms. The maximum atomic E-state index is 13.5. The fraction of sp³-hybridized carbons (Fsp3) is 0.895. The summed E-state index contributed by atoms with van der Waals surface area (Å²) in [5.74, 6) is -0.499. The fourth-order valence-electron chi connectivity index (χ4n) is 8.41. The number of carbonyl (C=O) groups excluding carboxylic acids is 2. The number of amides is 1. The number of phosphoric ester groups is 1. The van der Waals surface area contributed by atoms with E-state index in [0.29, 0.717) is 23.9 Å². The molecule has 67 heavy (non-hydrogen) atoms. The predicted molar refractivity (Wildman–Crippen MR) is 286 cm³/mol. The SMILES string of the molecule is CCCCCC/C=C\CCCCCCCCCC(=O)NC(COP(=O)(O)OCC[N+](C)(C)C)C(/C=C/CCCCCCCCCCC)OC(=O)CCCCCCCCCCCCCCCCC. The molecule has 0 saturated heterocycles. The van der Waals surface area contributed by atoms with E-state index in [0.717, 1.165) is 64.2 Å². The average molecular weight is 969 g/mol. The Morgan fingerprint density at radius 1 is 0.507 bits per heavy atom. The molecule has 1 amide bonds. The van der Waals surface area contributed by atoms with E-state index in [1.165, 1.54) is 180 Å². The van der Waals surface area contributed by atoms with Gasteiger partial charge in [0.2, 0.25) is 5.91 Å². The molecule has 3 atom stereocenters. The quantitative estimate of drug-likeness (QED) is 0.0205. The van der Waals surface area contributed by atoms with Gasteiger partial charge in [0.05, 0.1) is 33.8 Å². The Balaban J connectivity index is 5.31. The van der Waals surface area contributed by atoms with Crippen molar-refractivity contribution in [2.45, 2.75) is 290 Å². The molecule has 0 rings (SSSR count). The molecule has 0 aromatic heterocycles. The van der Waals surface area contributed by atoms with Crippen molar-refractivity contribution in [2.75, 3.05) is 40.9 Å². The van der Waals surface area contributed by atoms with Crippen molar-refractivity contribution in [3.8, 4) is 0 Å². The molecule has 0 aliphatic carbocycles. The molecule has 2 N–H and O–H groups in total. The third-order valence-electron chi connectivity index (χ3n) is 12.9. The maximum Gasteiger partial charge on any atom is 0.472 e. The standard InChI is InChI=1S/C57H111N2O7P/c1-7-10-13-16-19-22-25-27-29-31-34-37-40-43-46-49-56(60)58-54(53-65-67(62,63)64-52-51-59(4,5)6)55(48-45-42-39-36-33-24-21-18-15-12-9-3)66-57(61)50-47-44-41-38-35-32-30-28-26-23-20-17-14-11-8-2/h22,25,45,48,54-55H,7-21,23-24,26-44,46-47,49-53H2,1-6H3,(H-,58,60,62,63)/p+1/b25-22-,48-45+. The number of nitrogens with one attached hydrogen (secondary N) is 1. The van der Waals surface area contributed by atoms with Gasteiger partial charge in [-0.25, -0.2) is 4.57 Å². The van der Waals surface area contributed by atoms with Gasteiger partial charge in [0.15, 0.2) is 0 Å². The zero-order valence-electron chi connectivity index (χ0n) is 45.2. The molecule has 9 nitrogen and oxygen atoms in total. The minimum Gasteiger partial charge on any atom is -0.456 e. The molecule has 0 aliphatic rings. The molecule has 0 saturated carbocycles. The van der Waals surface area contributed by atoms with Crippen molar-refractivity contribution < 1.29 is 37.3 Å². The van der Waals surface area contributed by atoms with Gasteiger partial charge in [0.1, 0.15) is 19.3 Å². The lowest BCUT2D eigenvalue weighted by Gasteiger charge is -2.27. The smallest absolute Gasteiger partial charge is 0.456 e. The number of likely N-dealkylation sites (N-methyl/N-ethyl adjacent to an activating group) is 1. The highest BCUT2D eigenvalue weighted by Crippen LogP contribution is 2.43. The van der Waals surface area contributed by atoms with Crippen LogP contribution in [0.25, 0.3) is 0 Å². The van der Waals surface area contributed by atoms with E-state index >= 15 is 0 Å². The van der Waals surface area contributed by atoms with Crippen molar-refractivity contribution in [1.82, 2.24) is 5.32 Å². The molecule has 0 heterocycles. The van der Waals surface area contributed by atoms with E-state index in [-0.39, 0.29) is 25.1 Å². The van der Waals surface area contributed by atoms with Gasteiger partial charge >= 0.3 is 13.8 Å². The van der Waals surface area contributed by atoms with Gasteiger partial charge in [-0.1, -0.05) is 232 Å². The molecule has 0 aromatic rings. The van der Waals surface area contributed by atoms with Crippen molar-refractivity contribution in [1.29, 1.82) is 0 Å². The number of allylic oxidation sites excluding steroid dienone is 3. The van der Waals surface area contributed by atoms with Crippen LogP contribution in [0.3, 0.4) is 0 Å². The molecule has 396 valence electrons. The lowest BCUT2D eigenvalue weighted by molar-refractivity contribution is -0.870. The number of ether oxygens (including phenoxy) is 1. The third-order valence-corrected chi connectivity index (χ3v) is 13.9. The van der Waals surface area contributed by atoms with Gasteiger partial charge in [0.25, 0.3) is 0 Å². The van der Waals surface area contributed by atoms with Gasteiger partial charge < -0.3 is 19.4 Å². The van der Waals surface area contributed by atoms with E-state index in [4.69, 9.17) is 13.8 Å². The van der Waals surface area contributed by atoms with Crippen LogP contribution in [0.1, 0.15) is 278 Å². The fourth-order valence-corrected chi connectivity index (χ4v) is 9.14. The number of hydrogen-bond donors (Lipinski definition) is 2. The lowest BCUT2D eigenvalue weighted by Crippen LogP contribution is -2.47. The summed E-state index contributed by atoms with van der Waals surface area (Å²) in [5, 5.41) is 3.05. The zero-order valence-corrected chi connectivity index (χ0v) is 46.1. The highest BCUT2D eigenvalue weighted by Gasteiger charge is 2.30. The Morgan fingerprint density at radius 3 is 1.28 bits per heavy atom. The Bertz CT molecular complexity index is 1210. The second-order valence-electron chi connectivity index (χ2n) is 20.8. The van der Waals surface area contributed by atoms with Gasteiger partial charge in [-0.2, -0.15) is 0 Å². The summed E-state index contributed by atoms with van der Waals surface area (Å²) in [7, 11) is 1.50. The summed E-state index contributed by atoms with van der Waals surface area (Å²) >= 11 is 0. The summed E-state index contributed by atoms with van der Waals surface area (Å²) in [5.41, 5.74) is 0. The first kappa shape index (κ1) is 65.5. The Hall–Kier alpha value is -1.51. The number of carbonyl (C=O) groups is 2. The first-order valence-electron chi connectivity index (χ1n) is 28.7. The first-order valence-corrected chi connectivity index (χ1v) is 30.2. The summed E-state index contributed by atoms with van der Waals surface area (Å²) in [6, 6.07) is -0.843. The van der Waals surface area contributed by atoms with Crippen LogP contribution >= 0.6 is 7.82 Å². The second kappa shape index (κ2) is 48.1. The number of nitrogens with zero attached hydrogens (tertiary/aromatic N) is 1.